The van der Waals surface area contributed by atoms with Gasteiger partial charge in [0, 0.05) is 10.6 Å². The zero-order valence-corrected chi connectivity index (χ0v) is 12.7. The molecule has 0 radical (unpaired) electrons. The van der Waals surface area contributed by atoms with Gasteiger partial charge in [0.2, 0.25) is 0 Å². The van der Waals surface area contributed by atoms with Gasteiger partial charge < -0.3 is 9.84 Å². The Morgan fingerprint density at radius 3 is 2.85 bits per heavy atom. The van der Waals surface area contributed by atoms with Gasteiger partial charge in [0.25, 0.3) is 0 Å². The van der Waals surface area contributed by atoms with Crippen molar-refractivity contribution < 1.29 is 14.6 Å². The first-order valence-corrected chi connectivity index (χ1v) is 7.94. The highest BCUT2D eigenvalue weighted by Crippen LogP contribution is 2.27. The first kappa shape index (κ1) is 14.9. The van der Waals surface area contributed by atoms with Gasteiger partial charge in [-0.05, 0) is 19.1 Å². The van der Waals surface area contributed by atoms with Gasteiger partial charge in [-0.1, -0.05) is 30.0 Å². The Morgan fingerprint density at radius 1 is 1.40 bits per heavy atom. The first-order chi connectivity index (χ1) is 9.65. The number of nitrogens with zero attached hydrogens (tertiary/aromatic N) is 1. The number of benzene rings is 1. The van der Waals surface area contributed by atoms with E-state index in [0.717, 1.165) is 26.4 Å². The molecule has 1 aromatic carbocycles. The molecule has 0 aliphatic carbocycles. The summed E-state index contributed by atoms with van der Waals surface area (Å²) < 4.78 is 6.49. The standard InChI is InChI=1S/C14H15NO3S2/c1-10-12(9-13(16)17)20-14(15-10)19-8-7-18-11-5-3-2-4-6-11/h2-6H,7-9H2,1H3,(H,16,17). The number of aromatic nitrogens is 1. The van der Waals surface area contributed by atoms with E-state index in [4.69, 9.17) is 9.84 Å². The van der Waals surface area contributed by atoms with Crippen LogP contribution in [0.25, 0.3) is 0 Å². The minimum Gasteiger partial charge on any atom is -0.493 e. The highest BCUT2D eigenvalue weighted by atomic mass is 32.2. The highest BCUT2D eigenvalue weighted by Gasteiger charge is 2.11. The molecule has 20 heavy (non-hydrogen) atoms. The Labute approximate surface area is 125 Å². The minimum atomic E-state index is -0.819. The van der Waals surface area contributed by atoms with Gasteiger partial charge >= 0.3 is 5.97 Å². The summed E-state index contributed by atoms with van der Waals surface area (Å²) in [5.74, 6) is 0.824. The molecule has 1 N–H and O–H groups in total. The monoisotopic (exact) mass is 309 g/mol. The molecule has 106 valence electrons. The van der Waals surface area contributed by atoms with Crippen molar-refractivity contribution in [2.24, 2.45) is 0 Å². The Balaban J connectivity index is 1.78. The van der Waals surface area contributed by atoms with Crippen LogP contribution < -0.4 is 4.74 Å². The molecular weight excluding hydrogens is 294 g/mol. The van der Waals surface area contributed by atoms with Crippen molar-refractivity contribution in [3.63, 3.8) is 0 Å². The van der Waals surface area contributed by atoms with E-state index in [-0.39, 0.29) is 6.42 Å². The fraction of sp³-hybridized carbons (Fsp3) is 0.286. The van der Waals surface area contributed by atoms with E-state index in [0.29, 0.717) is 6.61 Å². The normalized spacial score (nSPS) is 10.4. The van der Waals surface area contributed by atoms with E-state index >= 15 is 0 Å². The van der Waals surface area contributed by atoms with Gasteiger partial charge in [-0.2, -0.15) is 0 Å². The molecule has 1 aromatic heterocycles. The average molecular weight is 309 g/mol. The van der Waals surface area contributed by atoms with Crippen LogP contribution in [0.5, 0.6) is 5.75 Å². The molecule has 0 bridgehead atoms. The third-order valence-corrected chi connectivity index (χ3v) is 4.77. The lowest BCUT2D eigenvalue weighted by Gasteiger charge is -2.04. The number of carboxylic acid groups (broad SMARTS) is 1. The average Bonchev–Trinajstić information content (AvgIpc) is 2.76. The van der Waals surface area contributed by atoms with Crippen LogP contribution in [0, 0.1) is 6.92 Å². The van der Waals surface area contributed by atoms with Crippen LogP contribution >= 0.6 is 23.1 Å². The van der Waals surface area contributed by atoms with Gasteiger partial charge in [-0.25, -0.2) is 4.98 Å². The Kier molecular flexibility index (Phi) is 5.43. The largest absolute Gasteiger partial charge is 0.493 e. The summed E-state index contributed by atoms with van der Waals surface area (Å²) in [6.07, 6.45) is 0.0462. The fourth-order valence-electron chi connectivity index (χ4n) is 1.57. The maximum absolute atomic E-state index is 10.7. The minimum absolute atomic E-state index is 0.0462. The molecule has 2 rings (SSSR count). The molecule has 0 aliphatic heterocycles. The number of hydrogen-bond donors (Lipinski definition) is 1. The zero-order chi connectivity index (χ0) is 14.4. The second-order valence-electron chi connectivity index (χ2n) is 4.07. The molecule has 6 heteroatoms. The van der Waals surface area contributed by atoms with E-state index < -0.39 is 5.97 Å². The van der Waals surface area contributed by atoms with Crippen molar-refractivity contribution in [1.82, 2.24) is 4.98 Å². The lowest BCUT2D eigenvalue weighted by atomic mass is 10.3. The van der Waals surface area contributed by atoms with Crippen molar-refractivity contribution in [2.45, 2.75) is 17.7 Å². The molecule has 0 spiro atoms. The number of thioether (sulfide) groups is 1. The summed E-state index contributed by atoms with van der Waals surface area (Å²) in [6.45, 7) is 2.45. The summed E-state index contributed by atoms with van der Waals surface area (Å²) in [7, 11) is 0. The number of thiazole rings is 1. The Bertz CT molecular complexity index is 569. The van der Waals surface area contributed by atoms with E-state index in [9.17, 15) is 4.79 Å². The number of ether oxygens (including phenoxy) is 1. The molecule has 0 saturated carbocycles. The molecule has 0 amide bonds. The van der Waals surface area contributed by atoms with Gasteiger partial charge in [0.1, 0.15) is 5.75 Å². The van der Waals surface area contributed by atoms with Crippen molar-refractivity contribution in [1.29, 1.82) is 0 Å². The van der Waals surface area contributed by atoms with Crippen molar-refractivity contribution in [3.8, 4) is 5.75 Å². The molecule has 2 aromatic rings. The van der Waals surface area contributed by atoms with Crippen LogP contribution in [0.1, 0.15) is 10.6 Å². The smallest absolute Gasteiger partial charge is 0.308 e. The Morgan fingerprint density at radius 2 is 2.15 bits per heavy atom. The lowest BCUT2D eigenvalue weighted by Crippen LogP contribution is -1.99. The highest BCUT2D eigenvalue weighted by molar-refractivity contribution is 8.01. The second kappa shape index (κ2) is 7.31. The molecule has 0 unspecified atom stereocenters. The maximum atomic E-state index is 10.7. The summed E-state index contributed by atoms with van der Waals surface area (Å²) in [5, 5.41) is 8.79. The SMILES string of the molecule is Cc1nc(SCCOc2ccccc2)sc1CC(=O)O. The molecule has 4 nitrogen and oxygen atoms in total. The summed E-state index contributed by atoms with van der Waals surface area (Å²) in [5.41, 5.74) is 0.809. The van der Waals surface area contributed by atoms with Crippen molar-refractivity contribution in [2.75, 3.05) is 12.4 Å². The number of aliphatic carboxylic acids is 1. The maximum Gasteiger partial charge on any atom is 0.308 e. The number of aryl methyl sites for hydroxylation is 1. The lowest BCUT2D eigenvalue weighted by molar-refractivity contribution is -0.136. The van der Waals surface area contributed by atoms with E-state index in [2.05, 4.69) is 4.98 Å². The van der Waals surface area contributed by atoms with Crippen LogP contribution in [0.4, 0.5) is 0 Å². The van der Waals surface area contributed by atoms with Crippen LogP contribution in [-0.4, -0.2) is 28.4 Å². The number of carboxylic acids is 1. The van der Waals surface area contributed by atoms with E-state index in [1.807, 2.05) is 37.3 Å². The number of hydrogen-bond acceptors (Lipinski definition) is 5. The van der Waals surface area contributed by atoms with Crippen LogP contribution in [0.3, 0.4) is 0 Å². The summed E-state index contributed by atoms with van der Waals surface area (Å²) >= 11 is 3.04. The third kappa shape index (κ3) is 4.54. The first-order valence-electron chi connectivity index (χ1n) is 6.14. The van der Waals surface area contributed by atoms with E-state index in [1.54, 1.807) is 11.8 Å². The number of rotatable bonds is 7. The van der Waals surface area contributed by atoms with Gasteiger partial charge in [0.15, 0.2) is 4.34 Å². The molecular formula is C14H15NO3S2. The Hall–Kier alpha value is -1.53. The summed E-state index contributed by atoms with van der Waals surface area (Å²) in [4.78, 5) is 15.9. The van der Waals surface area contributed by atoms with Crippen LogP contribution in [0.2, 0.25) is 0 Å². The number of para-hydroxylation sites is 1. The topological polar surface area (TPSA) is 59.4 Å². The van der Waals surface area contributed by atoms with E-state index in [1.165, 1.54) is 11.3 Å². The number of carbonyl (C=O) groups is 1. The fourth-order valence-corrected chi connectivity index (χ4v) is 3.68. The predicted octanol–water partition coefficient (Wildman–Crippen LogP) is 3.25. The third-order valence-electron chi connectivity index (χ3n) is 2.51. The molecule has 0 aliphatic rings. The van der Waals surface area contributed by atoms with Gasteiger partial charge in [-0.15, -0.1) is 11.3 Å². The van der Waals surface area contributed by atoms with Crippen LogP contribution in [-0.2, 0) is 11.2 Å². The van der Waals surface area contributed by atoms with Crippen molar-refractivity contribution in [3.05, 3.63) is 40.9 Å². The molecule has 0 atom stereocenters. The summed E-state index contributed by atoms with van der Waals surface area (Å²) in [6, 6.07) is 9.66. The van der Waals surface area contributed by atoms with Gasteiger partial charge in [0.05, 0.1) is 18.7 Å². The quantitative estimate of drug-likeness (QED) is 0.628. The van der Waals surface area contributed by atoms with Gasteiger partial charge in [-0.3, -0.25) is 4.79 Å². The zero-order valence-electron chi connectivity index (χ0n) is 11.0. The van der Waals surface area contributed by atoms with Crippen molar-refractivity contribution >= 4 is 29.1 Å². The predicted molar refractivity (Wildman–Crippen MR) is 80.9 cm³/mol. The molecule has 0 saturated heterocycles. The molecule has 1 heterocycles. The second-order valence-corrected chi connectivity index (χ2v) is 6.49. The van der Waals surface area contributed by atoms with Crippen LogP contribution in [0.15, 0.2) is 34.7 Å². The molecule has 0 fully saturated rings.